The topological polar surface area (TPSA) is 38.3 Å². The Hall–Kier alpha value is -0.870. The normalized spacial score (nSPS) is 20.6. The number of carbonyl (C=O) groups is 1. The van der Waals surface area contributed by atoms with Gasteiger partial charge in [-0.2, -0.15) is 0 Å². The molecule has 1 fully saturated rings. The molecule has 0 radical (unpaired) electrons. The zero-order chi connectivity index (χ0) is 14.6. The highest BCUT2D eigenvalue weighted by atomic mass is 32.1. The lowest BCUT2D eigenvalue weighted by Crippen LogP contribution is -2.55. The number of esters is 1. The average molecular weight is 295 g/mol. The van der Waals surface area contributed by atoms with E-state index in [4.69, 9.17) is 4.74 Å². The van der Waals surface area contributed by atoms with Gasteiger partial charge in [0.2, 0.25) is 0 Å². The minimum atomic E-state index is -0.491. The van der Waals surface area contributed by atoms with E-state index in [0.29, 0.717) is 12.0 Å². The summed E-state index contributed by atoms with van der Waals surface area (Å²) >= 11 is 1.72. The van der Waals surface area contributed by atoms with Gasteiger partial charge in [-0.15, -0.1) is 11.3 Å². The summed E-state index contributed by atoms with van der Waals surface area (Å²) in [5.74, 6) is -0.0768. The first kappa shape index (κ1) is 15.5. The molecule has 2 rings (SSSR count). The SMILES string of the molecule is CCOC(=O)C1(NCc2cccs2)CCC(C)(C)CC1. The highest BCUT2D eigenvalue weighted by molar-refractivity contribution is 7.09. The molecule has 112 valence electrons. The van der Waals surface area contributed by atoms with Gasteiger partial charge in [0.15, 0.2) is 0 Å². The van der Waals surface area contributed by atoms with Gasteiger partial charge in [-0.05, 0) is 49.5 Å². The molecule has 0 amide bonds. The van der Waals surface area contributed by atoms with Crippen LogP contribution in [0.4, 0.5) is 0 Å². The van der Waals surface area contributed by atoms with E-state index < -0.39 is 5.54 Å². The third-order valence-corrected chi connectivity index (χ3v) is 5.18. The Morgan fingerprint density at radius 2 is 2.05 bits per heavy atom. The highest BCUT2D eigenvalue weighted by Crippen LogP contribution is 2.41. The van der Waals surface area contributed by atoms with Gasteiger partial charge in [-0.1, -0.05) is 19.9 Å². The predicted octanol–water partition coefficient (Wildman–Crippen LogP) is 3.74. The number of rotatable bonds is 5. The fourth-order valence-corrected chi connectivity index (χ4v) is 3.39. The number of ether oxygens (including phenoxy) is 1. The minimum absolute atomic E-state index is 0.0768. The van der Waals surface area contributed by atoms with Crippen LogP contribution in [0.2, 0.25) is 0 Å². The Bertz CT molecular complexity index is 429. The van der Waals surface area contributed by atoms with Gasteiger partial charge in [0.25, 0.3) is 0 Å². The van der Waals surface area contributed by atoms with Crippen LogP contribution in [0.25, 0.3) is 0 Å². The molecule has 0 saturated heterocycles. The molecule has 0 aromatic carbocycles. The van der Waals surface area contributed by atoms with Crippen molar-refractivity contribution < 1.29 is 9.53 Å². The Kier molecular flexibility index (Phi) is 4.86. The third kappa shape index (κ3) is 3.61. The quantitative estimate of drug-likeness (QED) is 0.841. The molecule has 1 heterocycles. The maximum Gasteiger partial charge on any atom is 0.326 e. The van der Waals surface area contributed by atoms with Crippen molar-refractivity contribution in [1.82, 2.24) is 5.32 Å². The van der Waals surface area contributed by atoms with Gasteiger partial charge in [0.05, 0.1) is 6.61 Å². The molecule has 4 heteroatoms. The second-order valence-electron chi connectivity index (χ2n) is 6.40. The first-order valence-electron chi connectivity index (χ1n) is 7.42. The summed E-state index contributed by atoms with van der Waals surface area (Å²) in [6.45, 7) is 7.63. The standard InChI is InChI=1S/C16H25NO2S/c1-4-19-14(18)16(9-7-15(2,3)8-10-16)17-12-13-6-5-11-20-13/h5-6,11,17H,4,7-10,12H2,1-3H3. The molecule has 1 saturated carbocycles. The molecular weight excluding hydrogens is 270 g/mol. The summed E-state index contributed by atoms with van der Waals surface area (Å²) in [4.78, 5) is 13.7. The van der Waals surface area contributed by atoms with Crippen LogP contribution in [-0.4, -0.2) is 18.1 Å². The zero-order valence-electron chi connectivity index (χ0n) is 12.7. The van der Waals surface area contributed by atoms with Crippen LogP contribution < -0.4 is 5.32 Å². The summed E-state index contributed by atoms with van der Waals surface area (Å²) in [6, 6.07) is 4.14. The van der Waals surface area contributed by atoms with Crippen molar-refractivity contribution in [2.75, 3.05) is 6.61 Å². The van der Waals surface area contributed by atoms with Crippen molar-refractivity contribution in [3.8, 4) is 0 Å². The van der Waals surface area contributed by atoms with Crippen molar-refractivity contribution in [2.24, 2.45) is 5.41 Å². The van der Waals surface area contributed by atoms with Crippen LogP contribution in [0.1, 0.15) is 51.3 Å². The van der Waals surface area contributed by atoms with Crippen molar-refractivity contribution in [1.29, 1.82) is 0 Å². The van der Waals surface area contributed by atoms with E-state index in [2.05, 4.69) is 30.6 Å². The van der Waals surface area contributed by atoms with Crippen LogP contribution in [0, 0.1) is 5.41 Å². The summed E-state index contributed by atoms with van der Waals surface area (Å²) in [6.07, 6.45) is 3.85. The zero-order valence-corrected chi connectivity index (χ0v) is 13.5. The van der Waals surface area contributed by atoms with Gasteiger partial charge >= 0.3 is 5.97 Å². The lowest BCUT2D eigenvalue weighted by molar-refractivity contribution is -0.154. The maximum absolute atomic E-state index is 12.4. The molecule has 0 spiro atoms. The number of carbonyl (C=O) groups excluding carboxylic acids is 1. The Morgan fingerprint density at radius 3 is 2.60 bits per heavy atom. The van der Waals surface area contributed by atoms with E-state index in [0.717, 1.165) is 32.2 Å². The summed E-state index contributed by atoms with van der Waals surface area (Å²) in [7, 11) is 0. The van der Waals surface area contributed by atoms with Crippen molar-refractivity contribution >= 4 is 17.3 Å². The van der Waals surface area contributed by atoms with Gasteiger partial charge in [-0.3, -0.25) is 10.1 Å². The molecule has 20 heavy (non-hydrogen) atoms. The van der Waals surface area contributed by atoms with Gasteiger partial charge in [-0.25, -0.2) is 0 Å². The van der Waals surface area contributed by atoms with Crippen molar-refractivity contribution in [2.45, 2.75) is 58.5 Å². The fraction of sp³-hybridized carbons (Fsp3) is 0.688. The van der Waals surface area contributed by atoms with Crippen LogP contribution in [-0.2, 0) is 16.1 Å². The monoisotopic (exact) mass is 295 g/mol. The molecule has 1 N–H and O–H groups in total. The van der Waals surface area contributed by atoms with Crippen LogP contribution >= 0.6 is 11.3 Å². The summed E-state index contributed by atoms with van der Waals surface area (Å²) < 4.78 is 5.32. The second-order valence-corrected chi connectivity index (χ2v) is 7.43. The van der Waals surface area contributed by atoms with Crippen LogP contribution in [0.5, 0.6) is 0 Å². The van der Waals surface area contributed by atoms with Gasteiger partial charge in [0, 0.05) is 11.4 Å². The molecule has 0 aliphatic heterocycles. The van der Waals surface area contributed by atoms with Gasteiger partial charge in [0.1, 0.15) is 5.54 Å². The first-order valence-corrected chi connectivity index (χ1v) is 8.30. The van der Waals surface area contributed by atoms with E-state index in [-0.39, 0.29) is 5.97 Å². The highest BCUT2D eigenvalue weighted by Gasteiger charge is 2.44. The number of hydrogen-bond acceptors (Lipinski definition) is 4. The molecule has 1 aliphatic rings. The van der Waals surface area contributed by atoms with Crippen molar-refractivity contribution in [3.63, 3.8) is 0 Å². The molecule has 0 unspecified atom stereocenters. The minimum Gasteiger partial charge on any atom is -0.465 e. The smallest absolute Gasteiger partial charge is 0.326 e. The summed E-state index contributed by atoms with van der Waals surface area (Å²) in [5, 5.41) is 5.56. The van der Waals surface area contributed by atoms with E-state index in [9.17, 15) is 4.79 Å². The number of thiophene rings is 1. The number of hydrogen-bond donors (Lipinski definition) is 1. The van der Waals surface area contributed by atoms with Crippen LogP contribution in [0.15, 0.2) is 17.5 Å². The van der Waals surface area contributed by atoms with Crippen LogP contribution in [0.3, 0.4) is 0 Å². The van der Waals surface area contributed by atoms with E-state index in [1.807, 2.05) is 13.0 Å². The largest absolute Gasteiger partial charge is 0.465 e. The Morgan fingerprint density at radius 1 is 1.35 bits per heavy atom. The average Bonchev–Trinajstić information content (AvgIpc) is 2.91. The van der Waals surface area contributed by atoms with E-state index in [1.54, 1.807) is 11.3 Å². The lowest BCUT2D eigenvalue weighted by Gasteiger charge is -2.42. The van der Waals surface area contributed by atoms with E-state index >= 15 is 0 Å². The summed E-state index contributed by atoms with van der Waals surface area (Å²) in [5.41, 5.74) is -0.157. The molecule has 3 nitrogen and oxygen atoms in total. The van der Waals surface area contributed by atoms with Crippen molar-refractivity contribution in [3.05, 3.63) is 22.4 Å². The molecular formula is C16H25NO2S. The molecule has 1 aromatic heterocycles. The second kappa shape index (κ2) is 6.27. The molecule has 1 aliphatic carbocycles. The first-order chi connectivity index (χ1) is 9.47. The lowest BCUT2D eigenvalue weighted by atomic mass is 9.69. The van der Waals surface area contributed by atoms with Gasteiger partial charge < -0.3 is 4.74 Å². The molecule has 0 atom stereocenters. The third-order valence-electron chi connectivity index (χ3n) is 4.30. The fourth-order valence-electron chi connectivity index (χ4n) is 2.75. The Labute approximate surface area is 125 Å². The number of nitrogens with one attached hydrogen (secondary N) is 1. The Balaban J connectivity index is 2.06. The maximum atomic E-state index is 12.4. The van der Waals surface area contributed by atoms with E-state index in [1.165, 1.54) is 4.88 Å². The molecule has 1 aromatic rings. The predicted molar refractivity (Wildman–Crippen MR) is 82.8 cm³/mol. The molecule has 0 bridgehead atoms.